The van der Waals surface area contributed by atoms with Crippen molar-refractivity contribution in [1.82, 2.24) is 10.2 Å². The highest BCUT2D eigenvalue weighted by Gasteiger charge is 2.10. The Morgan fingerprint density at radius 3 is 2.48 bits per heavy atom. The van der Waals surface area contributed by atoms with Crippen LogP contribution in [0.2, 0.25) is 0 Å². The first kappa shape index (κ1) is 17.5. The first-order valence-corrected chi connectivity index (χ1v) is 9.01. The topological polar surface area (TPSA) is 45.5 Å². The summed E-state index contributed by atoms with van der Waals surface area (Å²) in [4.78, 5) is 14.4. The van der Waals surface area contributed by atoms with Crippen LogP contribution in [0, 0.1) is 6.92 Å². The number of furan rings is 1. The molecule has 1 N–H and O–H groups in total. The lowest BCUT2D eigenvalue weighted by atomic mass is 10.1. The minimum Gasteiger partial charge on any atom is -0.462 e. The predicted octanol–water partition coefficient (Wildman–Crippen LogP) is 3.90. The molecule has 0 saturated carbocycles. The zero-order valence-corrected chi connectivity index (χ0v) is 14.8. The van der Waals surface area contributed by atoms with Gasteiger partial charge in [-0.2, -0.15) is 0 Å². The Morgan fingerprint density at radius 1 is 1.08 bits per heavy atom. The van der Waals surface area contributed by atoms with Crippen LogP contribution in [0.15, 0.2) is 46.9 Å². The molecule has 1 aliphatic heterocycles. The third-order valence-electron chi connectivity index (χ3n) is 4.50. The quantitative estimate of drug-likeness (QED) is 0.813. The fourth-order valence-electron chi connectivity index (χ4n) is 3.09. The van der Waals surface area contributed by atoms with Gasteiger partial charge in [-0.25, -0.2) is 0 Å². The van der Waals surface area contributed by atoms with Crippen molar-refractivity contribution in [3.05, 3.63) is 65.1 Å². The summed E-state index contributed by atoms with van der Waals surface area (Å²) in [5.74, 6) is 1.41. The Bertz CT molecular complexity index is 710. The maximum atomic E-state index is 11.9. The zero-order valence-electron chi connectivity index (χ0n) is 14.8. The molecular formula is C21H26N2O2. The minimum absolute atomic E-state index is 0.119. The molecule has 2 aromatic rings. The number of hydrogen-bond acceptors (Lipinski definition) is 3. The van der Waals surface area contributed by atoms with Crippen molar-refractivity contribution >= 4 is 12.0 Å². The summed E-state index contributed by atoms with van der Waals surface area (Å²) in [5.41, 5.74) is 2.45. The summed E-state index contributed by atoms with van der Waals surface area (Å²) in [6.45, 7) is 5.85. The summed E-state index contributed by atoms with van der Waals surface area (Å²) in [5, 5.41) is 2.90. The van der Waals surface area contributed by atoms with Crippen molar-refractivity contribution in [2.75, 3.05) is 13.1 Å². The Labute approximate surface area is 149 Å². The molecule has 0 aliphatic carbocycles. The number of nitrogens with one attached hydrogen (secondary N) is 1. The lowest BCUT2D eigenvalue weighted by Crippen LogP contribution is -2.29. The monoisotopic (exact) mass is 338 g/mol. The SMILES string of the molecule is Cc1ccc(/C=C/C(=O)NCc2ccc(CN3CCCCC3)cc2)o1. The third kappa shape index (κ3) is 5.61. The second-order valence-corrected chi connectivity index (χ2v) is 6.65. The van der Waals surface area contributed by atoms with E-state index in [2.05, 4.69) is 34.5 Å². The van der Waals surface area contributed by atoms with Crippen molar-refractivity contribution in [3.63, 3.8) is 0 Å². The highest BCUT2D eigenvalue weighted by molar-refractivity contribution is 5.91. The number of carbonyl (C=O) groups is 1. The zero-order chi connectivity index (χ0) is 17.5. The van der Waals surface area contributed by atoms with Crippen LogP contribution in [0.25, 0.3) is 6.08 Å². The number of aryl methyl sites for hydroxylation is 1. The molecule has 1 aliphatic rings. The molecule has 25 heavy (non-hydrogen) atoms. The van der Waals surface area contributed by atoms with Gasteiger partial charge < -0.3 is 9.73 Å². The van der Waals surface area contributed by atoms with Gasteiger partial charge in [0.15, 0.2) is 0 Å². The van der Waals surface area contributed by atoms with Gasteiger partial charge in [-0.3, -0.25) is 9.69 Å². The molecule has 1 saturated heterocycles. The lowest BCUT2D eigenvalue weighted by molar-refractivity contribution is -0.116. The maximum Gasteiger partial charge on any atom is 0.244 e. The molecule has 1 fully saturated rings. The van der Waals surface area contributed by atoms with E-state index in [1.54, 1.807) is 6.08 Å². The van der Waals surface area contributed by atoms with Crippen LogP contribution < -0.4 is 5.32 Å². The second kappa shape index (κ2) is 8.67. The average molecular weight is 338 g/mol. The van der Waals surface area contributed by atoms with Gasteiger partial charge in [-0.1, -0.05) is 30.7 Å². The Morgan fingerprint density at radius 2 is 1.80 bits per heavy atom. The Balaban J connectivity index is 1.44. The molecule has 2 heterocycles. The van der Waals surface area contributed by atoms with Crippen LogP contribution in [-0.2, 0) is 17.9 Å². The van der Waals surface area contributed by atoms with Crippen molar-refractivity contribution in [2.24, 2.45) is 0 Å². The van der Waals surface area contributed by atoms with E-state index in [1.807, 2.05) is 19.1 Å². The van der Waals surface area contributed by atoms with Gasteiger partial charge in [0.2, 0.25) is 5.91 Å². The van der Waals surface area contributed by atoms with E-state index in [9.17, 15) is 4.79 Å². The van der Waals surface area contributed by atoms with Gasteiger partial charge in [-0.15, -0.1) is 0 Å². The smallest absolute Gasteiger partial charge is 0.244 e. The van der Waals surface area contributed by atoms with E-state index in [1.165, 1.54) is 44.0 Å². The van der Waals surface area contributed by atoms with Crippen molar-refractivity contribution in [1.29, 1.82) is 0 Å². The number of rotatable bonds is 6. The molecule has 132 valence electrons. The maximum absolute atomic E-state index is 11.9. The molecule has 4 nitrogen and oxygen atoms in total. The van der Waals surface area contributed by atoms with Gasteiger partial charge in [0, 0.05) is 19.2 Å². The highest BCUT2D eigenvalue weighted by atomic mass is 16.3. The number of amides is 1. The number of carbonyl (C=O) groups excluding carboxylic acids is 1. The van der Waals surface area contributed by atoms with Gasteiger partial charge in [0.05, 0.1) is 0 Å². The van der Waals surface area contributed by atoms with Crippen LogP contribution >= 0.6 is 0 Å². The first-order valence-electron chi connectivity index (χ1n) is 9.01. The molecule has 0 radical (unpaired) electrons. The molecule has 3 rings (SSSR count). The number of likely N-dealkylation sites (tertiary alicyclic amines) is 1. The molecule has 1 amide bonds. The largest absolute Gasteiger partial charge is 0.462 e. The van der Waals surface area contributed by atoms with Gasteiger partial charge in [0.25, 0.3) is 0 Å². The van der Waals surface area contributed by atoms with Crippen molar-refractivity contribution in [3.8, 4) is 0 Å². The number of nitrogens with zero attached hydrogens (tertiary/aromatic N) is 1. The van der Waals surface area contributed by atoms with Gasteiger partial charge in [-0.05, 0) is 62.2 Å². The van der Waals surface area contributed by atoms with Crippen molar-refractivity contribution in [2.45, 2.75) is 39.3 Å². The van der Waals surface area contributed by atoms with E-state index in [0.29, 0.717) is 12.3 Å². The van der Waals surface area contributed by atoms with Crippen LogP contribution in [0.1, 0.15) is 41.9 Å². The fourth-order valence-corrected chi connectivity index (χ4v) is 3.09. The summed E-state index contributed by atoms with van der Waals surface area (Å²) < 4.78 is 5.40. The van der Waals surface area contributed by atoms with Crippen LogP contribution in [0.3, 0.4) is 0 Å². The summed E-state index contributed by atoms with van der Waals surface area (Å²) in [6.07, 6.45) is 7.18. The molecule has 4 heteroatoms. The lowest BCUT2D eigenvalue weighted by Gasteiger charge is -2.26. The average Bonchev–Trinajstić information content (AvgIpc) is 3.06. The fraction of sp³-hybridized carbons (Fsp3) is 0.381. The Hall–Kier alpha value is -2.33. The van der Waals surface area contributed by atoms with E-state index >= 15 is 0 Å². The molecule has 0 spiro atoms. The second-order valence-electron chi connectivity index (χ2n) is 6.65. The predicted molar refractivity (Wildman–Crippen MR) is 99.9 cm³/mol. The van der Waals surface area contributed by atoms with Crippen LogP contribution in [0.4, 0.5) is 0 Å². The van der Waals surface area contributed by atoms with Crippen LogP contribution in [-0.4, -0.2) is 23.9 Å². The molecule has 0 atom stereocenters. The molecule has 1 aromatic carbocycles. The Kier molecular flexibility index (Phi) is 6.07. The number of benzene rings is 1. The summed E-state index contributed by atoms with van der Waals surface area (Å²) in [6, 6.07) is 12.2. The summed E-state index contributed by atoms with van der Waals surface area (Å²) in [7, 11) is 0. The van der Waals surface area contributed by atoms with E-state index in [0.717, 1.165) is 17.9 Å². The molecule has 0 unspecified atom stereocenters. The van der Waals surface area contributed by atoms with Crippen LogP contribution in [0.5, 0.6) is 0 Å². The molecular weight excluding hydrogens is 312 g/mol. The van der Waals surface area contributed by atoms with Gasteiger partial charge in [0.1, 0.15) is 11.5 Å². The van der Waals surface area contributed by atoms with E-state index in [4.69, 9.17) is 4.42 Å². The van der Waals surface area contributed by atoms with Gasteiger partial charge >= 0.3 is 0 Å². The van der Waals surface area contributed by atoms with E-state index < -0.39 is 0 Å². The normalized spacial score (nSPS) is 15.6. The standard InChI is InChI=1S/C21H26N2O2/c1-17-5-10-20(25-17)11-12-21(24)22-15-18-6-8-19(9-7-18)16-23-13-3-2-4-14-23/h5-12H,2-4,13-16H2,1H3,(H,22,24)/b12-11+. The minimum atomic E-state index is -0.119. The molecule has 0 bridgehead atoms. The third-order valence-corrected chi connectivity index (χ3v) is 4.50. The highest BCUT2D eigenvalue weighted by Crippen LogP contribution is 2.13. The first-order chi connectivity index (χ1) is 12.2. The number of hydrogen-bond donors (Lipinski definition) is 1. The van der Waals surface area contributed by atoms with E-state index in [-0.39, 0.29) is 5.91 Å². The summed E-state index contributed by atoms with van der Waals surface area (Å²) >= 11 is 0. The van der Waals surface area contributed by atoms with Crippen molar-refractivity contribution < 1.29 is 9.21 Å². The number of piperidine rings is 1. The molecule has 1 aromatic heterocycles.